The van der Waals surface area contributed by atoms with Crippen molar-refractivity contribution in [2.24, 2.45) is 0 Å². The summed E-state index contributed by atoms with van der Waals surface area (Å²) in [6, 6.07) is 7.54. The van der Waals surface area contributed by atoms with Crippen molar-refractivity contribution >= 4 is 27.6 Å². The van der Waals surface area contributed by atoms with E-state index in [1.165, 1.54) is 0 Å². The zero-order valence-corrected chi connectivity index (χ0v) is 15.1. The summed E-state index contributed by atoms with van der Waals surface area (Å²) in [5, 5.41) is 1.06. The Morgan fingerprint density at radius 3 is 2.88 bits per heavy atom. The quantitative estimate of drug-likeness (QED) is 0.838. The van der Waals surface area contributed by atoms with Crippen molar-refractivity contribution < 1.29 is 13.7 Å². The Bertz CT molecular complexity index is 806. The van der Waals surface area contributed by atoms with Crippen molar-refractivity contribution in [3.8, 4) is 5.75 Å². The molecule has 0 aliphatic carbocycles. The predicted molar refractivity (Wildman–Crippen MR) is 96.0 cm³/mol. The smallest absolute Gasteiger partial charge is 0.255 e. The van der Waals surface area contributed by atoms with E-state index in [0.29, 0.717) is 30.1 Å². The maximum Gasteiger partial charge on any atom is 0.255 e. The van der Waals surface area contributed by atoms with Gasteiger partial charge in [0.05, 0.1) is 23.9 Å². The van der Waals surface area contributed by atoms with Crippen LogP contribution in [-0.2, 0) is 10.8 Å². The second-order valence-electron chi connectivity index (χ2n) is 6.16. The van der Waals surface area contributed by atoms with Crippen molar-refractivity contribution in [3.05, 3.63) is 35.5 Å². The first-order chi connectivity index (χ1) is 11.5. The molecule has 0 saturated carbocycles. The Morgan fingerprint density at radius 2 is 2.12 bits per heavy atom. The van der Waals surface area contributed by atoms with Gasteiger partial charge in [0.2, 0.25) is 0 Å². The second kappa shape index (κ2) is 6.89. The van der Waals surface area contributed by atoms with E-state index >= 15 is 0 Å². The van der Waals surface area contributed by atoms with Crippen molar-refractivity contribution in [3.63, 3.8) is 0 Å². The van der Waals surface area contributed by atoms with Gasteiger partial charge < -0.3 is 9.64 Å². The third kappa shape index (κ3) is 3.29. The van der Waals surface area contributed by atoms with Gasteiger partial charge in [-0.3, -0.25) is 14.0 Å². The van der Waals surface area contributed by atoms with E-state index in [1.807, 2.05) is 38.1 Å². The second-order valence-corrected chi connectivity index (χ2v) is 8.13. The largest absolute Gasteiger partial charge is 0.497 e. The third-order valence-corrected chi connectivity index (χ3v) is 6.27. The van der Waals surface area contributed by atoms with E-state index in [-0.39, 0.29) is 11.2 Å². The molecule has 1 aromatic carbocycles. The molecule has 1 fully saturated rings. The first-order valence-electron chi connectivity index (χ1n) is 8.11. The van der Waals surface area contributed by atoms with E-state index in [1.54, 1.807) is 12.0 Å². The number of rotatable bonds is 2. The van der Waals surface area contributed by atoms with Gasteiger partial charge in [0.15, 0.2) is 0 Å². The van der Waals surface area contributed by atoms with Crippen molar-refractivity contribution in [2.45, 2.75) is 25.5 Å². The number of pyridine rings is 1. The van der Waals surface area contributed by atoms with Crippen LogP contribution in [0.5, 0.6) is 5.75 Å². The lowest BCUT2D eigenvalue weighted by Crippen LogP contribution is -2.34. The molecule has 0 unspecified atom stereocenters. The molecule has 6 heteroatoms. The van der Waals surface area contributed by atoms with Crippen LogP contribution in [0.2, 0.25) is 0 Å². The van der Waals surface area contributed by atoms with E-state index in [0.717, 1.165) is 23.1 Å². The number of hydrogen-bond donors (Lipinski definition) is 0. The normalized spacial score (nSPS) is 21.5. The number of amides is 1. The monoisotopic (exact) mass is 346 g/mol. The van der Waals surface area contributed by atoms with Crippen LogP contribution in [-0.4, -0.2) is 51.2 Å². The number of aryl methyl sites for hydroxylation is 1. The van der Waals surface area contributed by atoms with Gasteiger partial charge in [0.1, 0.15) is 5.75 Å². The summed E-state index contributed by atoms with van der Waals surface area (Å²) in [5.41, 5.74) is 2.14. The average Bonchev–Trinajstić information content (AvgIpc) is 2.75. The highest BCUT2D eigenvalue weighted by atomic mass is 32.2. The standard InChI is InChI=1S/C18H22N2O3S/c1-12-6-7-20(8-9-24(12)22)18(21)16-10-14-4-5-15(23-3)11-17(14)19-13(16)2/h4-5,10-12H,6-9H2,1-3H3/t12-,24+/m1/s1. The van der Waals surface area contributed by atoms with E-state index in [4.69, 9.17) is 4.74 Å². The SMILES string of the molecule is COc1ccc2cc(C(=O)N3CC[C@@H](C)[S@@](=O)CC3)c(C)nc2c1. The molecule has 1 aliphatic rings. The minimum absolute atomic E-state index is 0.0242. The fraction of sp³-hybridized carbons (Fsp3) is 0.444. The number of fused-ring (bicyclic) bond motifs is 1. The fourth-order valence-electron chi connectivity index (χ4n) is 2.94. The van der Waals surface area contributed by atoms with Gasteiger partial charge in [0, 0.05) is 46.3 Å². The van der Waals surface area contributed by atoms with Crippen molar-refractivity contribution in [1.82, 2.24) is 9.88 Å². The molecule has 2 heterocycles. The molecule has 0 radical (unpaired) electrons. The lowest BCUT2D eigenvalue weighted by atomic mass is 10.1. The molecule has 128 valence electrons. The van der Waals surface area contributed by atoms with Gasteiger partial charge in [0.25, 0.3) is 5.91 Å². The Balaban J connectivity index is 1.92. The van der Waals surface area contributed by atoms with Gasteiger partial charge in [-0.05, 0) is 31.5 Å². The molecule has 2 aromatic rings. The molecule has 0 bridgehead atoms. The number of methoxy groups -OCH3 is 1. The van der Waals surface area contributed by atoms with Crippen molar-refractivity contribution in [1.29, 1.82) is 0 Å². The topological polar surface area (TPSA) is 59.5 Å². The Hall–Kier alpha value is -1.95. The van der Waals surface area contributed by atoms with Crippen molar-refractivity contribution in [2.75, 3.05) is 26.0 Å². The van der Waals surface area contributed by atoms with Crippen LogP contribution in [0, 0.1) is 6.92 Å². The van der Waals surface area contributed by atoms with Gasteiger partial charge >= 0.3 is 0 Å². The highest BCUT2D eigenvalue weighted by Gasteiger charge is 2.24. The van der Waals surface area contributed by atoms with Gasteiger partial charge in [-0.25, -0.2) is 0 Å². The third-order valence-electron chi connectivity index (χ3n) is 4.55. The lowest BCUT2D eigenvalue weighted by molar-refractivity contribution is 0.0766. The van der Waals surface area contributed by atoms with Crippen LogP contribution in [0.25, 0.3) is 10.9 Å². The first kappa shape index (κ1) is 16.9. The number of carbonyl (C=O) groups excluding carboxylic acids is 1. The molecule has 5 nitrogen and oxygen atoms in total. The number of hydrogen-bond acceptors (Lipinski definition) is 4. The lowest BCUT2D eigenvalue weighted by Gasteiger charge is -2.21. The number of aromatic nitrogens is 1. The summed E-state index contributed by atoms with van der Waals surface area (Å²) >= 11 is 0. The van der Waals surface area contributed by atoms with Crippen LogP contribution in [0.4, 0.5) is 0 Å². The fourth-order valence-corrected chi connectivity index (χ4v) is 4.11. The van der Waals surface area contributed by atoms with Crippen LogP contribution in [0.15, 0.2) is 24.3 Å². The minimum Gasteiger partial charge on any atom is -0.497 e. The molecular formula is C18H22N2O3S. The number of carbonyl (C=O) groups is 1. The van der Waals surface area contributed by atoms with Crippen LogP contribution in [0.3, 0.4) is 0 Å². The maximum absolute atomic E-state index is 12.9. The molecule has 1 aromatic heterocycles. The Morgan fingerprint density at radius 1 is 1.33 bits per heavy atom. The van der Waals surface area contributed by atoms with E-state index in [9.17, 15) is 9.00 Å². The van der Waals surface area contributed by atoms with Crippen LogP contribution in [0.1, 0.15) is 29.4 Å². The van der Waals surface area contributed by atoms with Crippen LogP contribution < -0.4 is 4.74 Å². The highest BCUT2D eigenvalue weighted by molar-refractivity contribution is 7.85. The molecule has 1 saturated heterocycles. The highest BCUT2D eigenvalue weighted by Crippen LogP contribution is 2.23. The number of nitrogens with zero attached hydrogens (tertiary/aromatic N) is 2. The minimum atomic E-state index is -0.851. The van der Waals surface area contributed by atoms with Gasteiger partial charge in [-0.2, -0.15) is 0 Å². The molecule has 3 rings (SSSR count). The Labute approximate surface area is 144 Å². The molecule has 0 N–H and O–H groups in total. The maximum atomic E-state index is 12.9. The summed E-state index contributed by atoms with van der Waals surface area (Å²) in [5.74, 6) is 1.27. The summed E-state index contributed by atoms with van der Waals surface area (Å²) in [6.45, 7) is 5.02. The first-order valence-corrected chi connectivity index (χ1v) is 9.49. The summed E-state index contributed by atoms with van der Waals surface area (Å²) in [7, 11) is 0.770. The van der Waals surface area contributed by atoms with E-state index < -0.39 is 10.8 Å². The summed E-state index contributed by atoms with van der Waals surface area (Å²) in [6.07, 6.45) is 0.773. The molecule has 1 amide bonds. The molecule has 2 atom stereocenters. The Kier molecular flexibility index (Phi) is 4.85. The molecule has 0 spiro atoms. The van der Waals surface area contributed by atoms with E-state index in [2.05, 4.69) is 4.98 Å². The van der Waals surface area contributed by atoms with Gasteiger partial charge in [-0.1, -0.05) is 6.92 Å². The molecule has 1 aliphatic heterocycles. The zero-order chi connectivity index (χ0) is 17.3. The summed E-state index contributed by atoms with van der Waals surface area (Å²) < 4.78 is 17.2. The van der Waals surface area contributed by atoms with Crippen LogP contribution >= 0.6 is 0 Å². The summed E-state index contributed by atoms with van der Waals surface area (Å²) in [4.78, 5) is 19.3. The number of benzene rings is 1. The number of ether oxygens (including phenoxy) is 1. The van der Waals surface area contributed by atoms with Gasteiger partial charge in [-0.15, -0.1) is 0 Å². The molecular weight excluding hydrogens is 324 g/mol. The molecule has 24 heavy (non-hydrogen) atoms. The predicted octanol–water partition coefficient (Wildman–Crippen LogP) is 2.53. The zero-order valence-electron chi connectivity index (χ0n) is 14.2. The average molecular weight is 346 g/mol.